The number of rotatable bonds is 6. The SMILES string of the molecule is CC(C)C(C)CNCc1ccnc(CN)c1. The Morgan fingerprint density at radius 3 is 2.75 bits per heavy atom. The van der Waals surface area contributed by atoms with Crippen molar-refractivity contribution in [1.29, 1.82) is 0 Å². The zero-order valence-electron chi connectivity index (χ0n) is 10.5. The first-order valence-electron chi connectivity index (χ1n) is 5.98. The molecule has 3 N–H and O–H groups in total. The highest BCUT2D eigenvalue weighted by Gasteiger charge is 2.05. The summed E-state index contributed by atoms with van der Waals surface area (Å²) >= 11 is 0. The largest absolute Gasteiger partial charge is 0.325 e. The highest BCUT2D eigenvalue weighted by molar-refractivity contribution is 5.15. The minimum absolute atomic E-state index is 0.510. The maximum absolute atomic E-state index is 5.55. The summed E-state index contributed by atoms with van der Waals surface area (Å²) in [6, 6.07) is 4.10. The third-order valence-electron chi connectivity index (χ3n) is 3.02. The van der Waals surface area contributed by atoms with Crippen LogP contribution in [0.15, 0.2) is 18.3 Å². The Kier molecular flexibility index (Phi) is 5.43. The minimum Gasteiger partial charge on any atom is -0.325 e. The molecular formula is C13H23N3. The Hall–Kier alpha value is -0.930. The van der Waals surface area contributed by atoms with Crippen LogP contribution in [-0.2, 0) is 13.1 Å². The maximum atomic E-state index is 5.55. The molecule has 1 aromatic heterocycles. The van der Waals surface area contributed by atoms with Crippen LogP contribution in [0.3, 0.4) is 0 Å². The summed E-state index contributed by atoms with van der Waals surface area (Å²) in [6.07, 6.45) is 1.82. The van der Waals surface area contributed by atoms with Gasteiger partial charge in [-0.15, -0.1) is 0 Å². The topological polar surface area (TPSA) is 50.9 Å². The fourth-order valence-corrected chi connectivity index (χ4v) is 1.43. The summed E-state index contributed by atoms with van der Waals surface area (Å²) in [5.74, 6) is 1.43. The van der Waals surface area contributed by atoms with Crippen molar-refractivity contribution in [2.24, 2.45) is 17.6 Å². The quantitative estimate of drug-likeness (QED) is 0.771. The molecule has 0 aromatic carbocycles. The average Bonchev–Trinajstić information content (AvgIpc) is 2.29. The molecule has 0 bridgehead atoms. The number of hydrogen-bond donors (Lipinski definition) is 2. The van der Waals surface area contributed by atoms with Crippen molar-refractivity contribution in [2.45, 2.75) is 33.9 Å². The Bertz CT molecular complexity index is 310. The number of nitrogens with zero attached hydrogens (tertiary/aromatic N) is 1. The van der Waals surface area contributed by atoms with E-state index in [2.05, 4.69) is 37.1 Å². The lowest BCUT2D eigenvalue weighted by Gasteiger charge is -2.16. The van der Waals surface area contributed by atoms with Crippen LogP contribution in [0.5, 0.6) is 0 Å². The van der Waals surface area contributed by atoms with Gasteiger partial charge in [0.15, 0.2) is 0 Å². The summed E-state index contributed by atoms with van der Waals surface area (Å²) in [4.78, 5) is 4.18. The van der Waals surface area contributed by atoms with Crippen LogP contribution in [0.1, 0.15) is 32.0 Å². The van der Waals surface area contributed by atoms with Gasteiger partial charge in [0.1, 0.15) is 0 Å². The highest BCUT2D eigenvalue weighted by atomic mass is 14.9. The first-order chi connectivity index (χ1) is 7.63. The fourth-order valence-electron chi connectivity index (χ4n) is 1.43. The smallest absolute Gasteiger partial charge is 0.0542 e. The average molecular weight is 221 g/mol. The van der Waals surface area contributed by atoms with E-state index in [4.69, 9.17) is 5.73 Å². The van der Waals surface area contributed by atoms with Gasteiger partial charge in [-0.3, -0.25) is 4.98 Å². The lowest BCUT2D eigenvalue weighted by Crippen LogP contribution is -2.23. The Labute approximate surface area is 98.5 Å². The number of aromatic nitrogens is 1. The molecule has 1 rings (SSSR count). The van der Waals surface area contributed by atoms with Gasteiger partial charge in [-0.25, -0.2) is 0 Å². The monoisotopic (exact) mass is 221 g/mol. The molecule has 0 saturated heterocycles. The maximum Gasteiger partial charge on any atom is 0.0542 e. The molecule has 0 amide bonds. The van der Waals surface area contributed by atoms with Gasteiger partial charge in [-0.1, -0.05) is 20.8 Å². The van der Waals surface area contributed by atoms with Gasteiger partial charge < -0.3 is 11.1 Å². The van der Waals surface area contributed by atoms with Gasteiger partial charge in [0.25, 0.3) is 0 Å². The van der Waals surface area contributed by atoms with Gasteiger partial charge in [0.05, 0.1) is 5.69 Å². The van der Waals surface area contributed by atoms with Gasteiger partial charge in [-0.2, -0.15) is 0 Å². The van der Waals surface area contributed by atoms with Crippen molar-refractivity contribution in [1.82, 2.24) is 10.3 Å². The van der Waals surface area contributed by atoms with E-state index < -0.39 is 0 Å². The van der Waals surface area contributed by atoms with E-state index >= 15 is 0 Å². The second kappa shape index (κ2) is 6.61. The number of nitrogens with one attached hydrogen (secondary N) is 1. The van der Waals surface area contributed by atoms with Crippen LogP contribution in [0.4, 0.5) is 0 Å². The summed E-state index contributed by atoms with van der Waals surface area (Å²) in [7, 11) is 0. The number of hydrogen-bond acceptors (Lipinski definition) is 3. The molecule has 3 nitrogen and oxygen atoms in total. The van der Waals surface area contributed by atoms with E-state index in [0.717, 1.165) is 24.7 Å². The summed E-state index contributed by atoms with van der Waals surface area (Å²) in [5.41, 5.74) is 7.76. The van der Waals surface area contributed by atoms with Crippen molar-refractivity contribution in [3.63, 3.8) is 0 Å². The molecule has 1 heterocycles. The molecule has 16 heavy (non-hydrogen) atoms. The number of pyridine rings is 1. The molecule has 1 atom stereocenters. The lowest BCUT2D eigenvalue weighted by atomic mass is 9.98. The van der Waals surface area contributed by atoms with E-state index in [9.17, 15) is 0 Å². The van der Waals surface area contributed by atoms with E-state index in [1.54, 1.807) is 0 Å². The highest BCUT2D eigenvalue weighted by Crippen LogP contribution is 2.08. The van der Waals surface area contributed by atoms with Gasteiger partial charge >= 0.3 is 0 Å². The summed E-state index contributed by atoms with van der Waals surface area (Å²) in [5, 5.41) is 3.47. The van der Waals surface area contributed by atoms with E-state index in [1.165, 1.54) is 5.56 Å². The molecule has 0 aliphatic carbocycles. The third kappa shape index (κ3) is 4.29. The molecule has 0 spiro atoms. The standard InChI is InChI=1S/C13H23N3/c1-10(2)11(3)8-15-9-12-4-5-16-13(6-12)7-14/h4-6,10-11,15H,7-9,14H2,1-3H3. The normalized spacial score (nSPS) is 13.1. The predicted molar refractivity (Wildman–Crippen MR) is 67.8 cm³/mol. The molecule has 1 unspecified atom stereocenters. The van der Waals surface area contributed by atoms with Crippen LogP contribution in [0.2, 0.25) is 0 Å². The van der Waals surface area contributed by atoms with Crippen LogP contribution in [0.25, 0.3) is 0 Å². The van der Waals surface area contributed by atoms with Gasteiger partial charge in [-0.05, 0) is 36.1 Å². The van der Waals surface area contributed by atoms with Crippen molar-refractivity contribution in [3.8, 4) is 0 Å². The molecule has 0 radical (unpaired) electrons. The molecular weight excluding hydrogens is 198 g/mol. The van der Waals surface area contributed by atoms with E-state index in [1.807, 2.05) is 12.3 Å². The second-order valence-electron chi connectivity index (χ2n) is 4.71. The minimum atomic E-state index is 0.510. The predicted octanol–water partition coefficient (Wildman–Crippen LogP) is 1.92. The fraction of sp³-hybridized carbons (Fsp3) is 0.615. The first kappa shape index (κ1) is 13.1. The van der Waals surface area contributed by atoms with E-state index in [-0.39, 0.29) is 0 Å². The molecule has 90 valence electrons. The van der Waals surface area contributed by atoms with Crippen molar-refractivity contribution >= 4 is 0 Å². The number of nitrogens with two attached hydrogens (primary N) is 1. The zero-order chi connectivity index (χ0) is 12.0. The van der Waals surface area contributed by atoms with Crippen LogP contribution >= 0.6 is 0 Å². The first-order valence-corrected chi connectivity index (χ1v) is 5.98. The Balaban J connectivity index is 2.37. The summed E-state index contributed by atoms with van der Waals surface area (Å²) in [6.45, 7) is 9.24. The van der Waals surface area contributed by atoms with Crippen molar-refractivity contribution in [3.05, 3.63) is 29.6 Å². The summed E-state index contributed by atoms with van der Waals surface area (Å²) < 4.78 is 0. The molecule has 0 saturated carbocycles. The molecule has 0 aliphatic rings. The third-order valence-corrected chi connectivity index (χ3v) is 3.02. The Morgan fingerprint density at radius 1 is 1.38 bits per heavy atom. The Morgan fingerprint density at radius 2 is 2.12 bits per heavy atom. The molecule has 0 fully saturated rings. The second-order valence-corrected chi connectivity index (χ2v) is 4.71. The van der Waals surface area contributed by atoms with Crippen molar-refractivity contribution < 1.29 is 0 Å². The van der Waals surface area contributed by atoms with Crippen LogP contribution in [0, 0.1) is 11.8 Å². The van der Waals surface area contributed by atoms with Crippen LogP contribution in [-0.4, -0.2) is 11.5 Å². The van der Waals surface area contributed by atoms with Gasteiger partial charge in [0, 0.05) is 19.3 Å². The van der Waals surface area contributed by atoms with Crippen LogP contribution < -0.4 is 11.1 Å². The molecule has 1 aromatic rings. The van der Waals surface area contributed by atoms with E-state index in [0.29, 0.717) is 12.5 Å². The molecule has 3 heteroatoms. The van der Waals surface area contributed by atoms with Gasteiger partial charge in [0.2, 0.25) is 0 Å². The lowest BCUT2D eigenvalue weighted by molar-refractivity contribution is 0.392. The zero-order valence-corrected chi connectivity index (χ0v) is 10.5. The molecule has 0 aliphatic heterocycles. The van der Waals surface area contributed by atoms with Crippen molar-refractivity contribution in [2.75, 3.05) is 6.54 Å².